The van der Waals surface area contributed by atoms with Gasteiger partial charge in [-0.25, -0.2) is 4.79 Å². The lowest BCUT2D eigenvalue weighted by molar-refractivity contribution is -0.142. The third-order valence-electron chi connectivity index (χ3n) is 5.57. The summed E-state index contributed by atoms with van der Waals surface area (Å²) in [6.07, 6.45) is 0.706. The summed E-state index contributed by atoms with van der Waals surface area (Å²) in [6, 6.07) is 12.5. The Morgan fingerprint density at radius 1 is 1.06 bits per heavy atom. The fourth-order valence-corrected chi connectivity index (χ4v) is 3.72. The van der Waals surface area contributed by atoms with Crippen molar-refractivity contribution in [2.45, 2.75) is 78.6 Å². The molecule has 36 heavy (non-hydrogen) atoms. The summed E-state index contributed by atoms with van der Waals surface area (Å²) < 4.78 is 5.29. The molecule has 0 spiro atoms. The van der Waals surface area contributed by atoms with E-state index < -0.39 is 35.6 Å². The van der Waals surface area contributed by atoms with Gasteiger partial charge in [0.15, 0.2) is 0 Å². The Kier molecular flexibility index (Phi) is 10.3. The Morgan fingerprint density at radius 2 is 1.72 bits per heavy atom. The third kappa shape index (κ3) is 8.29. The topological polar surface area (TPSA) is 108 Å². The van der Waals surface area contributed by atoms with Crippen molar-refractivity contribution in [2.75, 3.05) is 6.54 Å². The number of phenols is 1. The zero-order valence-electron chi connectivity index (χ0n) is 22.1. The van der Waals surface area contributed by atoms with Gasteiger partial charge in [0.25, 0.3) is 0 Å². The summed E-state index contributed by atoms with van der Waals surface area (Å²) in [5.74, 6) is -0.914. The van der Waals surface area contributed by atoms with Crippen molar-refractivity contribution in [1.82, 2.24) is 15.5 Å². The number of phenolic OH excluding ortho intramolecular Hbond substituents is 1. The normalized spacial score (nSPS) is 12.8. The van der Waals surface area contributed by atoms with E-state index in [-0.39, 0.29) is 18.8 Å². The van der Waals surface area contributed by atoms with Crippen LogP contribution in [-0.4, -0.2) is 46.1 Å². The predicted molar refractivity (Wildman–Crippen MR) is 139 cm³/mol. The molecule has 0 aliphatic carbocycles. The Balaban J connectivity index is 2.40. The maximum Gasteiger partial charge on any atom is 0.408 e. The van der Waals surface area contributed by atoms with Crippen LogP contribution < -0.4 is 10.6 Å². The summed E-state index contributed by atoms with van der Waals surface area (Å²) in [5, 5.41) is 16.3. The Hall–Kier alpha value is -3.55. The van der Waals surface area contributed by atoms with E-state index in [1.807, 2.05) is 37.3 Å². The number of nitrogens with zero attached hydrogens (tertiary/aromatic N) is 1. The molecule has 0 fully saturated rings. The van der Waals surface area contributed by atoms with E-state index in [1.54, 1.807) is 52.8 Å². The van der Waals surface area contributed by atoms with E-state index in [4.69, 9.17) is 4.74 Å². The largest absolute Gasteiger partial charge is 0.507 e. The van der Waals surface area contributed by atoms with Crippen molar-refractivity contribution >= 4 is 17.9 Å². The van der Waals surface area contributed by atoms with Crippen LogP contribution in [0.4, 0.5) is 4.79 Å². The van der Waals surface area contributed by atoms with E-state index in [9.17, 15) is 19.5 Å². The van der Waals surface area contributed by atoms with Crippen molar-refractivity contribution in [3.05, 3.63) is 65.2 Å². The second-order valence-electron chi connectivity index (χ2n) is 9.87. The summed E-state index contributed by atoms with van der Waals surface area (Å²) in [5.41, 5.74) is 1.11. The Labute approximate surface area is 214 Å². The van der Waals surface area contributed by atoms with Gasteiger partial charge in [0.1, 0.15) is 23.4 Å². The van der Waals surface area contributed by atoms with Crippen molar-refractivity contribution in [3.8, 4) is 5.75 Å². The number of aryl methyl sites for hydroxylation is 1. The second-order valence-corrected chi connectivity index (χ2v) is 9.87. The Bertz CT molecular complexity index is 1030. The van der Waals surface area contributed by atoms with E-state index in [0.717, 1.165) is 12.0 Å². The van der Waals surface area contributed by atoms with Crippen LogP contribution in [0.1, 0.15) is 70.2 Å². The van der Waals surface area contributed by atoms with Crippen molar-refractivity contribution < 1.29 is 24.2 Å². The van der Waals surface area contributed by atoms with E-state index in [2.05, 4.69) is 10.6 Å². The highest BCUT2D eigenvalue weighted by Crippen LogP contribution is 2.32. The molecule has 2 rings (SSSR count). The predicted octanol–water partition coefficient (Wildman–Crippen LogP) is 4.60. The minimum absolute atomic E-state index is 0.0422. The van der Waals surface area contributed by atoms with Gasteiger partial charge in [-0.05, 0) is 52.2 Å². The molecule has 2 unspecified atom stereocenters. The molecule has 3 N–H and O–H groups in total. The number of carbonyl (C=O) groups is 3. The molecule has 196 valence electrons. The molecule has 0 saturated heterocycles. The molecule has 3 amide bonds. The minimum Gasteiger partial charge on any atom is -0.507 e. The van der Waals surface area contributed by atoms with Crippen LogP contribution >= 0.6 is 0 Å². The van der Waals surface area contributed by atoms with Gasteiger partial charge in [-0.3, -0.25) is 9.59 Å². The first-order valence-corrected chi connectivity index (χ1v) is 12.3. The van der Waals surface area contributed by atoms with Crippen LogP contribution in [0.3, 0.4) is 0 Å². The number of carbonyl (C=O) groups excluding carboxylic acids is 3. The molecule has 0 bridgehead atoms. The zero-order valence-corrected chi connectivity index (χ0v) is 22.1. The summed E-state index contributed by atoms with van der Waals surface area (Å²) in [4.78, 5) is 41.0. The Morgan fingerprint density at radius 3 is 2.33 bits per heavy atom. The van der Waals surface area contributed by atoms with Crippen LogP contribution in [0.15, 0.2) is 48.5 Å². The number of unbranched alkanes of at least 4 members (excludes halogenated alkanes) is 1. The molecule has 2 aromatic carbocycles. The van der Waals surface area contributed by atoms with Crippen molar-refractivity contribution in [1.29, 1.82) is 0 Å². The van der Waals surface area contributed by atoms with E-state index in [0.29, 0.717) is 17.5 Å². The van der Waals surface area contributed by atoms with E-state index in [1.165, 1.54) is 4.90 Å². The number of alkyl carbamates (subject to hydrolysis) is 1. The first kappa shape index (κ1) is 28.7. The maximum atomic E-state index is 13.6. The van der Waals surface area contributed by atoms with Crippen molar-refractivity contribution in [3.63, 3.8) is 0 Å². The number of para-hydroxylation sites is 1. The molecule has 8 heteroatoms. The number of nitrogens with one attached hydrogen (secondary N) is 2. The fraction of sp³-hybridized carbons (Fsp3) is 0.464. The molecule has 0 aromatic heterocycles. The van der Waals surface area contributed by atoms with Crippen molar-refractivity contribution in [2.24, 2.45) is 0 Å². The molecule has 2 aromatic rings. The number of hydrogen-bond donors (Lipinski definition) is 3. The van der Waals surface area contributed by atoms with Gasteiger partial charge in [0.2, 0.25) is 11.8 Å². The highest BCUT2D eigenvalue weighted by atomic mass is 16.6. The fourth-order valence-electron chi connectivity index (χ4n) is 3.72. The van der Waals surface area contributed by atoms with Gasteiger partial charge in [-0.15, -0.1) is 0 Å². The second kappa shape index (κ2) is 13.0. The van der Waals surface area contributed by atoms with Gasteiger partial charge in [0.05, 0.1) is 0 Å². The van der Waals surface area contributed by atoms with Crippen LogP contribution in [0.5, 0.6) is 5.75 Å². The summed E-state index contributed by atoms with van der Waals surface area (Å²) >= 11 is 0. The molecular formula is C28H39N3O5. The van der Waals surface area contributed by atoms with Crippen LogP contribution in [0, 0.1) is 6.92 Å². The quantitative estimate of drug-likeness (QED) is 0.445. The molecule has 0 saturated carbocycles. The number of amides is 3. The van der Waals surface area contributed by atoms with Gasteiger partial charge in [-0.2, -0.15) is 0 Å². The zero-order chi connectivity index (χ0) is 26.9. The first-order chi connectivity index (χ1) is 16.9. The lowest BCUT2D eigenvalue weighted by Gasteiger charge is -2.34. The third-order valence-corrected chi connectivity index (χ3v) is 5.57. The number of hydrogen-bond acceptors (Lipinski definition) is 5. The molecule has 0 aliphatic heterocycles. The molecule has 8 nitrogen and oxygen atoms in total. The SMILES string of the molecule is CCCCN(C(=O)C(C)NC(=O)OC(C)(C)C)C(C(=O)NCc1ccccc1)c1cccc(C)c1O. The highest BCUT2D eigenvalue weighted by Gasteiger charge is 2.36. The van der Waals surface area contributed by atoms with Crippen LogP contribution in [0.2, 0.25) is 0 Å². The molecule has 2 atom stereocenters. The number of rotatable bonds is 10. The smallest absolute Gasteiger partial charge is 0.408 e. The summed E-state index contributed by atoms with van der Waals surface area (Å²) in [7, 11) is 0. The highest BCUT2D eigenvalue weighted by molar-refractivity contribution is 5.92. The molecule has 0 heterocycles. The lowest BCUT2D eigenvalue weighted by atomic mass is 9.99. The average Bonchev–Trinajstić information content (AvgIpc) is 2.81. The number of aromatic hydroxyl groups is 1. The van der Waals surface area contributed by atoms with E-state index >= 15 is 0 Å². The summed E-state index contributed by atoms with van der Waals surface area (Å²) in [6.45, 7) is 11.0. The minimum atomic E-state index is -1.09. The monoisotopic (exact) mass is 497 g/mol. The first-order valence-electron chi connectivity index (χ1n) is 12.3. The lowest BCUT2D eigenvalue weighted by Crippen LogP contribution is -2.52. The average molecular weight is 498 g/mol. The molecular weight excluding hydrogens is 458 g/mol. The maximum absolute atomic E-state index is 13.6. The van der Waals surface area contributed by atoms with Gasteiger partial charge >= 0.3 is 6.09 Å². The number of ether oxygens (including phenoxy) is 1. The van der Waals surface area contributed by atoms with Gasteiger partial charge in [0, 0.05) is 18.7 Å². The van der Waals surface area contributed by atoms with Crippen LogP contribution in [0.25, 0.3) is 0 Å². The number of benzene rings is 2. The standard InChI is InChI=1S/C28H39N3O5/c1-7-8-17-31(26(34)20(3)30-27(35)36-28(4,5)6)23(22-16-12-13-19(2)24(22)32)25(33)29-18-21-14-10-9-11-15-21/h9-16,20,23,32H,7-8,17-18H2,1-6H3,(H,29,33)(H,30,35). The van der Waals surface area contributed by atoms with Crippen LogP contribution in [-0.2, 0) is 20.9 Å². The van der Waals surface area contributed by atoms with Gasteiger partial charge in [-0.1, -0.05) is 61.9 Å². The molecule has 0 aliphatic rings. The molecule has 0 radical (unpaired) electrons. The van der Waals surface area contributed by atoms with Gasteiger partial charge < -0.3 is 25.4 Å².